The van der Waals surface area contributed by atoms with Crippen LogP contribution in [0.25, 0.3) is 0 Å². The van der Waals surface area contributed by atoms with Crippen molar-refractivity contribution >= 4 is 5.97 Å². The van der Waals surface area contributed by atoms with Crippen molar-refractivity contribution in [3.8, 4) is 0 Å². The Kier molecular flexibility index (Phi) is 3.76. The van der Waals surface area contributed by atoms with Gasteiger partial charge in [0.15, 0.2) is 0 Å². The van der Waals surface area contributed by atoms with Crippen LogP contribution in [0.1, 0.15) is 46.5 Å². The second-order valence-electron chi connectivity index (χ2n) is 6.62. The molecule has 0 N–H and O–H groups in total. The van der Waals surface area contributed by atoms with Gasteiger partial charge in [0.1, 0.15) is 6.10 Å². The van der Waals surface area contributed by atoms with Crippen LogP contribution in [0, 0.1) is 11.3 Å². The smallest absolute Gasteiger partial charge is 0.307 e. The molecular formula is C14H25NO2. The summed E-state index contributed by atoms with van der Waals surface area (Å²) in [5, 5.41) is 0. The van der Waals surface area contributed by atoms with E-state index in [9.17, 15) is 4.79 Å². The van der Waals surface area contributed by atoms with Gasteiger partial charge in [0.2, 0.25) is 0 Å². The minimum Gasteiger partial charge on any atom is -0.462 e. The van der Waals surface area contributed by atoms with E-state index in [-0.39, 0.29) is 12.1 Å². The highest BCUT2D eigenvalue weighted by molar-refractivity contribution is 5.69. The van der Waals surface area contributed by atoms with Crippen LogP contribution < -0.4 is 0 Å². The molecule has 1 aliphatic heterocycles. The lowest BCUT2D eigenvalue weighted by Gasteiger charge is -2.38. The molecule has 0 unspecified atom stereocenters. The topological polar surface area (TPSA) is 29.3 Å². The molecule has 0 aromatic carbocycles. The van der Waals surface area contributed by atoms with E-state index < -0.39 is 0 Å². The number of hydrogen-bond acceptors (Lipinski definition) is 3. The average molecular weight is 239 g/mol. The Morgan fingerprint density at radius 2 is 2.06 bits per heavy atom. The lowest BCUT2D eigenvalue weighted by Crippen LogP contribution is -2.34. The molecule has 0 bridgehead atoms. The van der Waals surface area contributed by atoms with Crippen molar-refractivity contribution in [1.29, 1.82) is 0 Å². The molecule has 0 spiro atoms. The summed E-state index contributed by atoms with van der Waals surface area (Å²) in [6, 6.07) is 0. The van der Waals surface area contributed by atoms with Crippen molar-refractivity contribution in [2.24, 2.45) is 11.3 Å². The Morgan fingerprint density at radius 3 is 2.65 bits per heavy atom. The zero-order chi connectivity index (χ0) is 12.5. The Labute approximate surface area is 105 Å². The van der Waals surface area contributed by atoms with Crippen LogP contribution in [0.15, 0.2) is 0 Å². The predicted molar refractivity (Wildman–Crippen MR) is 67.7 cm³/mol. The van der Waals surface area contributed by atoms with Crippen LogP contribution in [-0.2, 0) is 9.53 Å². The quantitative estimate of drug-likeness (QED) is 0.557. The zero-order valence-corrected chi connectivity index (χ0v) is 11.4. The van der Waals surface area contributed by atoms with Gasteiger partial charge < -0.3 is 9.64 Å². The van der Waals surface area contributed by atoms with Gasteiger partial charge in [-0.1, -0.05) is 20.8 Å². The lowest BCUT2D eigenvalue weighted by molar-refractivity contribution is -0.153. The second-order valence-corrected chi connectivity index (χ2v) is 6.62. The van der Waals surface area contributed by atoms with E-state index in [0.717, 1.165) is 32.5 Å². The Hall–Kier alpha value is -0.570. The van der Waals surface area contributed by atoms with Crippen molar-refractivity contribution < 1.29 is 9.53 Å². The van der Waals surface area contributed by atoms with Gasteiger partial charge in [-0.05, 0) is 30.6 Å². The fourth-order valence-corrected chi connectivity index (χ4v) is 3.14. The summed E-state index contributed by atoms with van der Waals surface area (Å²) in [5.74, 6) is 0.663. The first-order valence-electron chi connectivity index (χ1n) is 6.86. The number of hydrogen-bond donors (Lipinski definition) is 0. The summed E-state index contributed by atoms with van der Waals surface area (Å²) >= 11 is 0. The number of carbonyl (C=O) groups is 1. The molecule has 98 valence electrons. The molecule has 1 heterocycles. The first-order chi connectivity index (χ1) is 7.94. The third kappa shape index (κ3) is 4.30. The third-order valence-electron chi connectivity index (χ3n) is 3.82. The van der Waals surface area contributed by atoms with Crippen LogP contribution in [0.5, 0.6) is 0 Å². The molecule has 3 heteroatoms. The molecule has 1 saturated heterocycles. The van der Waals surface area contributed by atoms with Gasteiger partial charge >= 0.3 is 5.97 Å². The largest absolute Gasteiger partial charge is 0.462 e. The molecule has 1 saturated carbocycles. The van der Waals surface area contributed by atoms with Crippen LogP contribution in [0.3, 0.4) is 0 Å². The van der Waals surface area contributed by atoms with E-state index in [2.05, 4.69) is 25.7 Å². The molecule has 0 radical (unpaired) electrons. The lowest BCUT2D eigenvalue weighted by atomic mass is 9.71. The van der Waals surface area contributed by atoms with E-state index in [0.29, 0.717) is 17.8 Å². The van der Waals surface area contributed by atoms with Crippen LogP contribution >= 0.6 is 0 Å². The van der Waals surface area contributed by atoms with Gasteiger partial charge in [0.05, 0.1) is 6.42 Å². The maximum atomic E-state index is 11.7. The van der Waals surface area contributed by atoms with Crippen molar-refractivity contribution in [3.05, 3.63) is 0 Å². The maximum Gasteiger partial charge on any atom is 0.307 e. The number of carbonyl (C=O) groups excluding carboxylic acids is 1. The highest BCUT2D eigenvalue weighted by Crippen LogP contribution is 2.39. The zero-order valence-electron chi connectivity index (χ0n) is 11.4. The van der Waals surface area contributed by atoms with E-state index in [4.69, 9.17) is 4.74 Å². The molecule has 17 heavy (non-hydrogen) atoms. The van der Waals surface area contributed by atoms with Gasteiger partial charge in [-0.2, -0.15) is 0 Å². The normalized spacial score (nSPS) is 32.2. The van der Waals surface area contributed by atoms with Gasteiger partial charge in [-0.15, -0.1) is 0 Å². The molecule has 0 amide bonds. The highest BCUT2D eigenvalue weighted by Gasteiger charge is 2.34. The molecule has 2 fully saturated rings. The summed E-state index contributed by atoms with van der Waals surface area (Å²) in [6.07, 6.45) is 4.02. The SMILES string of the molecule is C[C@@H]1C[C@@H](OC(=O)CCN2CC2)CC(C)(C)C1. The fourth-order valence-electron chi connectivity index (χ4n) is 3.14. The fraction of sp³-hybridized carbons (Fsp3) is 0.929. The molecule has 3 nitrogen and oxygen atoms in total. The van der Waals surface area contributed by atoms with Crippen molar-refractivity contribution in [3.63, 3.8) is 0 Å². The Balaban J connectivity index is 1.74. The third-order valence-corrected chi connectivity index (χ3v) is 3.82. The van der Waals surface area contributed by atoms with E-state index in [1.165, 1.54) is 6.42 Å². The highest BCUT2D eigenvalue weighted by atomic mass is 16.5. The van der Waals surface area contributed by atoms with Gasteiger partial charge in [-0.3, -0.25) is 4.79 Å². The molecular weight excluding hydrogens is 214 g/mol. The van der Waals surface area contributed by atoms with Crippen LogP contribution in [0.4, 0.5) is 0 Å². The number of esters is 1. The maximum absolute atomic E-state index is 11.7. The van der Waals surface area contributed by atoms with Crippen molar-refractivity contribution in [2.45, 2.75) is 52.6 Å². The summed E-state index contributed by atoms with van der Waals surface area (Å²) < 4.78 is 5.61. The molecule has 2 atom stereocenters. The molecule has 0 aromatic rings. The van der Waals surface area contributed by atoms with Gasteiger partial charge in [0, 0.05) is 19.6 Å². The molecule has 0 aromatic heterocycles. The first-order valence-corrected chi connectivity index (χ1v) is 6.86. The monoisotopic (exact) mass is 239 g/mol. The standard InChI is InChI=1S/C14H25NO2/c1-11-8-12(10-14(2,3)9-11)17-13(16)4-5-15-6-7-15/h11-12H,4-10H2,1-3H3/t11-,12-/m1/s1. The predicted octanol–water partition coefficient (Wildman–Crippen LogP) is 2.45. The van der Waals surface area contributed by atoms with Crippen LogP contribution in [-0.4, -0.2) is 36.6 Å². The van der Waals surface area contributed by atoms with Crippen molar-refractivity contribution in [2.75, 3.05) is 19.6 Å². The molecule has 2 aliphatic rings. The summed E-state index contributed by atoms with van der Waals surface area (Å²) in [7, 11) is 0. The van der Waals surface area contributed by atoms with Crippen molar-refractivity contribution in [1.82, 2.24) is 4.90 Å². The summed E-state index contributed by atoms with van der Waals surface area (Å²) in [5.41, 5.74) is 0.322. The Morgan fingerprint density at radius 1 is 1.35 bits per heavy atom. The summed E-state index contributed by atoms with van der Waals surface area (Å²) in [6.45, 7) is 10.0. The molecule has 1 aliphatic carbocycles. The van der Waals surface area contributed by atoms with Crippen LogP contribution in [0.2, 0.25) is 0 Å². The average Bonchev–Trinajstić information content (AvgIpc) is 2.94. The van der Waals surface area contributed by atoms with E-state index >= 15 is 0 Å². The minimum absolute atomic E-state index is 0.00759. The number of ether oxygens (including phenoxy) is 1. The number of nitrogens with zero attached hydrogens (tertiary/aromatic N) is 1. The Bertz CT molecular complexity index is 284. The van der Waals surface area contributed by atoms with Gasteiger partial charge in [-0.25, -0.2) is 0 Å². The summed E-state index contributed by atoms with van der Waals surface area (Å²) in [4.78, 5) is 14.0. The first kappa shape index (κ1) is 12.9. The molecule has 2 rings (SSSR count). The number of rotatable bonds is 4. The van der Waals surface area contributed by atoms with E-state index in [1.54, 1.807) is 0 Å². The minimum atomic E-state index is -0.00759. The second kappa shape index (κ2) is 4.97. The van der Waals surface area contributed by atoms with Gasteiger partial charge in [0.25, 0.3) is 0 Å². The van der Waals surface area contributed by atoms with E-state index in [1.807, 2.05) is 0 Å².